The minimum absolute atomic E-state index is 0.299. The van der Waals surface area contributed by atoms with Crippen LogP contribution in [0.1, 0.15) is 18.1 Å². The summed E-state index contributed by atoms with van der Waals surface area (Å²) in [5, 5.41) is 13.5. The highest BCUT2D eigenvalue weighted by Gasteiger charge is 2.06. The van der Waals surface area contributed by atoms with Gasteiger partial charge in [-0.1, -0.05) is 41.9 Å². The highest BCUT2D eigenvalue weighted by atomic mass is 35.5. The van der Waals surface area contributed by atoms with Crippen LogP contribution in [0.4, 0.5) is 0 Å². The fraction of sp³-hybridized carbons (Fsp3) is 0.250. The highest BCUT2D eigenvalue weighted by Crippen LogP contribution is 2.17. The van der Waals surface area contributed by atoms with Gasteiger partial charge in [0, 0.05) is 17.6 Å². The number of phenolic OH excluding ortho intramolecular Hbond substituents is 1. The molecular weight excluding hydrogens is 258 g/mol. The molecule has 0 aliphatic heterocycles. The summed E-state index contributed by atoms with van der Waals surface area (Å²) < 4.78 is 0. The molecule has 0 saturated carbocycles. The van der Waals surface area contributed by atoms with Gasteiger partial charge in [-0.15, -0.1) is 0 Å². The molecule has 19 heavy (non-hydrogen) atoms. The predicted octanol–water partition coefficient (Wildman–Crippen LogP) is 3.77. The quantitative estimate of drug-likeness (QED) is 0.871. The van der Waals surface area contributed by atoms with E-state index in [1.165, 1.54) is 0 Å². The molecule has 0 aliphatic carbocycles. The molecule has 2 aromatic carbocycles. The van der Waals surface area contributed by atoms with Gasteiger partial charge in [0.1, 0.15) is 5.75 Å². The van der Waals surface area contributed by atoms with Crippen molar-refractivity contribution in [2.75, 3.05) is 0 Å². The van der Waals surface area contributed by atoms with Crippen LogP contribution in [0.2, 0.25) is 5.02 Å². The van der Waals surface area contributed by atoms with Crippen molar-refractivity contribution in [1.29, 1.82) is 0 Å². The van der Waals surface area contributed by atoms with Crippen LogP contribution < -0.4 is 5.32 Å². The fourth-order valence-electron chi connectivity index (χ4n) is 1.97. The van der Waals surface area contributed by atoms with Crippen LogP contribution >= 0.6 is 11.6 Å². The third kappa shape index (κ3) is 4.27. The summed E-state index contributed by atoms with van der Waals surface area (Å²) >= 11 is 6.15. The second-order valence-electron chi connectivity index (χ2n) is 4.74. The van der Waals surface area contributed by atoms with Gasteiger partial charge in [0.05, 0.1) is 0 Å². The first-order chi connectivity index (χ1) is 9.15. The Morgan fingerprint density at radius 2 is 1.79 bits per heavy atom. The van der Waals surface area contributed by atoms with E-state index in [9.17, 15) is 5.11 Å². The lowest BCUT2D eigenvalue weighted by Gasteiger charge is -2.14. The summed E-state index contributed by atoms with van der Waals surface area (Å²) in [5.41, 5.74) is 2.32. The van der Waals surface area contributed by atoms with E-state index in [1.807, 2.05) is 30.3 Å². The molecule has 0 saturated heterocycles. The highest BCUT2D eigenvalue weighted by molar-refractivity contribution is 6.31. The van der Waals surface area contributed by atoms with Gasteiger partial charge in [-0.05, 0) is 42.7 Å². The summed E-state index contributed by atoms with van der Waals surface area (Å²) in [4.78, 5) is 0. The zero-order valence-electron chi connectivity index (χ0n) is 10.9. The normalized spacial score (nSPS) is 12.3. The van der Waals surface area contributed by atoms with E-state index >= 15 is 0 Å². The SMILES string of the molecule is CC(Cc1ccccc1Cl)NCc1ccc(O)cc1. The number of nitrogens with one attached hydrogen (secondary N) is 1. The van der Waals surface area contributed by atoms with E-state index in [-0.39, 0.29) is 0 Å². The van der Waals surface area contributed by atoms with Gasteiger partial charge >= 0.3 is 0 Å². The lowest BCUT2D eigenvalue weighted by molar-refractivity contribution is 0.474. The van der Waals surface area contributed by atoms with Crippen molar-refractivity contribution >= 4 is 11.6 Å². The third-order valence-corrected chi connectivity index (χ3v) is 3.44. The van der Waals surface area contributed by atoms with E-state index < -0.39 is 0 Å². The van der Waals surface area contributed by atoms with E-state index in [0.29, 0.717) is 11.8 Å². The van der Waals surface area contributed by atoms with Crippen molar-refractivity contribution in [3.63, 3.8) is 0 Å². The Morgan fingerprint density at radius 1 is 1.11 bits per heavy atom. The maximum absolute atomic E-state index is 9.22. The zero-order valence-corrected chi connectivity index (χ0v) is 11.7. The Morgan fingerprint density at radius 3 is 2.47 bits per heavy atom. The number of hydrogen-bond acceptors (Lipinski definition) is 2. The van der Waals surface area contributed by atoms with E-state index in [0.717, 1.165) is 29.1 Å². The van der Waals surface area contributed by atoms with E-state index in [2.05, 4.69) is 18.3 Å². The van der Waals surface area contributed by atoms with Crippen LogP contribution in [0.5, 0.6) is 5.75 Å². The monoisotopic (exact) mass is 275 g/mol. The smallest absolute Gasteiger partial charge is 0.115 e. The molecule has 0 bridgehead atoms. The number of benzene rings is 2. The topological polar surface area (TPSA) is 32.3 Å². The van der Waals surface area contributed by atoms with Crippen molar-refractivity contribution in [3.05, 3.63) is 64.7 Å². The van der Waals surface area contributed by atoms with E-state index in [4.69, 9.17) is 11.6 Å². The summed E-state index contributed by atoms with van der Waals surface area (Å²) in [5.74, 6) is 0.299. The maximum atomic E-state index is 9.22. The molecule has 3 heteroatoms. The third-order valence-electron chi connectivity index (χ3n) is 3.07. The largest absolute Gasteiger partial charge is 0.508 e. The van der Waals surface area contributed by atoms with Gasteiger partial charge in [-0.2, -0.15) is 0 Å². The van der Waals surface area contributed by atoms with Crippen molar-refractivity contribution in [3.8, 4) is 5.75 Å². The van der Waals surface area contributed by atoms with Crippen LogP contribution in [0.3, 0.4) is 0 Å². The second kappa shape index (κ2) is 6.60. The van der Waals surface area contributed by atoms with Crippen molar-refractivity contribution < 1.29 is 5.11 Å². The molecular formula is C16H18ClNO. The van der Waals surface area contributed by atoms with Crippen molar-refractivity contribution in [2.24, 2.45) is 0 Å². The van der Waals surface area contributed by atoms with Gasteiger partial charge < -0.3 is 10.4 Å². The van der Waals surface area contributed by atoms with Crippen LogP contribution in [0.25, 0.3) is 0 Å². The van der Waals surface area contributed by atoms with Gasteiger partial charge in [0.25, 0.3) is 0 Å². The molecule has 1 unspecified atom stereocenters. The van der Waals surface area contributed by atoms with Crippen LogP contribution in [-0.4, -0.2) is 11.1 Å². The van der Waals surface area contributed by atoms with Crippen molar-refractivity contribution in [1.82, 2.24) is 5.32 Å². The average Bonchev–Trinajstić information content (AvgIpc) is 2.41. The summed E-state index contributed by atoms with van der Waals surface area (Å²) in [7, 11) is 0. The average molecular weight is 276 g/mol. The lowest BCUT2D eigenvalue weighted by Crippen LogP contribution is -2.27. The molecule has 0 aromatic heterocycles. The summed E-state index contributed by atoms with van der Waals surface area (Å²) in [6.07, 6.45) is 0.901. The number of aromatic hydroxyl groups is 1. The zero-order chi connectivity index (χ0) is 13.7. The molecule has 0 radical (unpaired) electrons. The minimum atomic E-state index is 0.299. The first-order valence-corrected chi connectivity index (χ1v) is 6.77. The molecule has 0 aliphatic rings. The Labute approximate surface area is 119 Å². The molecule has 0 amide bonds. The first-order valence-electron chi connectivity index (χ1n) is 6.40. The standard InChI is InChI=1S/C16H18ClNO/c1-12(10-14-4-2-3-5-16(14)17)18-11-13-6-8-15(19)9-7-13/h2-9,12,18-19H,10-11H2,1H3. The maximum Gasteiger partial charge on any atom is 0.115 e. The molecule has 1 atom stereocenters. The van der Waals surface area contributed by atoms with Gasteiger partial charge in [-0.3, -0.25) is 0 Å². The Kier molecular flexibility index (Phi) is 4.83. The number of phenols is 1. The van der Waals surface area contributed by atoms with Crippen LogP contribution in [0, 0.1) is 0 Å². The minimum Gasteiger partial charge on any atom is -0.508 e. The van der Waals surface area contributed by atoms with Crippen molar-refractivity contribution in [2.45, 2.75) is 25.9 Å². The molecule has 100 valence electrons. The van der Waals surface area contributed by atoms with Gasteiger partial charge in [-0.25, -0.2) is 0 Å². The molecule has 2 rings (SSSR count). The fourth-order valence-corrected chi connectivity index (χ4v) is 2.18. The van der Waals surface area contributed by atoms with Gasteiger partial charge in [0.15, 0.2) is 0 Å². The molecule has 2 aromatic rings. The Balaban J connectivity index is 1.86. The summed E-state index contributed by atoms with van der Waals surface area (Å²) in [6.45, 7) is 2.93. The van der Waals surface area contributed by atoms with Crippen LogP contribution in [-0.2, 0) is 13.0 Å². The molecule has 2 N–H and O–H groups in total. The molecule has 2 nitrogen and oxygen atoms in total. The first kappa shape index (κ1) is 13.9. The number of halogens is 1. The lowest BCUT2D eigenvalue weighted by atomic mass is 10.1. The Hall–Kier alpha value is -1.51. The predicted molar refractivity (Wildman–Crippen MR) is 79.6 cm³/mol. The Bertz CT molecular complexity index is 525. The molecule has 0 heterocycles. The van der Waals surface area contributed by atoms with E-state index in [1.54, 1.807) is 12.1 Å². The number of hydrogen-bond donors (Lipinski definition) is 2. The van der Waals surface area contributed by atoms with Crippen LogP contribution in [0.15, 0.2) is 48.5 Å². The molecule has 0 spiro atoms. The summed E-state index contributed by atoms with van der Waals surface area (Å²) in [6, 6.07) is 15.5. The number of rotatable bonds is 5. The van der Waals surface area contributed by atoms with Gasteiger partial charge in [0.2, 0.25) is 0 Å². The molecule has 0 fully saturated rings. The second-order valence-corrected chi connectivity index (χ2v) is 5.15.